The molecule has 1 aliphatic heterocycles. The molecule has 21 heavy (non-hydrogen) atoms. The SMILES string of the molecule is CNC(=O)C1CCCN(S(=O)(=O)c2ccc(C(=O)O)s2)C1. The van der Waals surface area contributed by atoms with Crippen LogP contribution in [0, 0.1) is 5.92 Å². The minimum Gasteiger partial charge on any atom is -0.477 e. The summed E-state index contributed by atoms with van der Waals surface area (Å²) < 4.78 is 26.2. The van der Waals surface area contributed by atoms with E-state index in [1.165, 1.54) is 23.5 Å². The van der Waals surface area contributed by atoms with Crippen LogP contribution < -0.4 is 5.32 Å². The second kappa shape index (κ2) is 6.12. The van der Waals surface area contributed by atoms with Gasteiger partial charge in [0.2, 0.25) is 5.91 Å². The summed E-state index contributed by atoms with van der Waals surface area (Å²) in [5.74, 6) is -1.69. The third kappa shape index (κ3) is 3.25. The molecule has 1 fully saturated rings. The molecule has 1 aromatic rings. The minimum absolute atomic E-state index is 0.00235. The summed E-state index contributed by atoms with van der Waals surface area (Å²) in [6.07, 6.45) is 1.25. The van der Waals surface area contributed by atoms with E-state index in [-0.39, 0.29) is 27.5 Å². The van der Waals surface area contributed by atoms with Crippen molar-refractivity contribution in [2.45, 2.75) is 17.1 Å². The number of carbonyl (C=O) groups is 2. The highest BCUT2D eigenvalue weighted by atomic mass is 32.2. The Labute approximate surface area is 126 Å². The van der Waals surface area contributed by atoms with E-state index in [2.05, 4.69) is 5.32 Å². The summed E-state index contributed by atoms with van der Waals surface area (Å²) in [7, 11) is -2.22. The molecule has 0 radical (unpaired) electrons. The maximum atomic E-state index is 12.5. The fourth-order valence-corrected chi connectivity index (χ4v) is 5.10. The molecule has 2 rings (SSSR count). The van der Waals surface area contributed by atoms with E-state index < -0.39 is 16.0 Å². The van der Waals surface area contributed by atoms with Crippen LogP contribution in [0.5, 0.6) is 0 Å². The number of hydrogen-bond acceptors (Lipinski definition) is 5. The number of carboxylic acids is 1. The zero-order valence-corrected chi connectivity index (χ0v) is 13.0. The van der Waals surface area contributed by atoms with Crippen LogP contribution in [0.2, 0.25) is 0 Å². The standard InChI is InChI=1S/C12H16N2O5S2/c1-13-11(15)8-3-2-6-14(7-8)21(18,19)10-5-4-9(20-10)12(16)17/h4-5,8H,2-3,6-7H2,1H3,(H,13,15)(H,16,17). The van der Waals surface area contributed by atoms with Crippen LogP contribution in [0.4, 0.5) is 0 Å². The molecule has 0 aromatic carbocycles. The summed E-state index contributed by atoms with van der Waals surface area (Å²) in [5, 5.41) is 11.4. The first-order valence-electron chi connectivity index (χ1n) is 6.41. The van der Waals surface area contributed by atoms with Crippen molar-refractivity contribution in [1.29, 1.82) is 0 Å². The van der Waals surface area contributed by atoms with Gasteiger partial charge in [-0.2, -0.15) is 4.31 Å². The second-order valence-corrected chi connectivity index (χ2v) is 7.99. The van der Waals surface area contributed by atoms with Crippen LogP contribution >= 0.6 is 11.3 Å². The third-order valence-electron chi connectivity index (χ3n) is 3.39. The lowest BCUT2D eigenvalue weighted by Crippen LogP contribution is -2.44. The first-order valence-corrected chi connectivity index (χ1v) is 8.67. The fraction of sp³-hybridized carbons (Fsp3) is 0.500. The average Bonchev–Trinajstić information content (AvgIpc) is 2.97. The number of carbonyl (C=O) groups excluding carboxylic acids is 1. The van der Waals surface area contributed by atoms with Gasteiger partial charge in [-0.05, 0) is 25.0 Å². The van der Waals surface area contributed by atoms with Crippen LogP contribution in [-0.4, -0.2) is 49.8 Å². The Kier molecular flexibility index (Phi) is 4.64. The van der Waals surface area contributed by atoms with E-state index in [1.54, 1.807) is 0 Å². The number of sulfonamides is 1. The molecule has 7 nitrogen and oxygen atoms in total. The molecule has 1 atom stereocenters. The average molecular weight is 332 g/mol. The number of hydrogen-bond donors (Lipinski definition) is 2. The van der Waals surface area contributed by atoms with Crippen molar-refractivity contribution in [3.63, 3.8) is 0 Å². The van der Waals surface area contributed by atoms with Crippen molar-refractivity contribution in [2.24, 2.45) is 5.92 Å². The molecule has 1 amide bonds. The van der Waals surface area contributed by atoms with Gasteiger partial charge in [0.1, 0.15) is 9.09 Å². The van der Waals surface area contributed by atoms with Crippen molar-refractivity contribution >= 4 is 33.2 Å². The van der Waals surface area contributed by atoms with Crippen molar-refractivity contribution in [3.8, 4) is 0 Å². The summed E-state index contributed by atoms with van der Waals surface area (Å²) in [5.41, 5.74) is 0. The smallest absolute Gasteiger partial charge is 0.345 e. The molecular formula is C12H16N2O5S2. The number of piperidine rings is 1. The van der Waals surface area contributed by atoms with E-state index in [0.717, 1.165) is 11.3 Å². The van der Waals surface area contributed by atoms with E-state index in [9.17, 15) is 18.0 Å². The predicted octanol–water partition coefficient (Wildman–Crippen LogP) is 0.593. The number of aromatic carboxylic acids is 1. The number of thiophene rings is 1. The van der Waals surface area contributed by atoms with Gasteiger partial charge in [-0.25, -0.2) is 13.2 Å². The van der Waals surface area contributed by atoms with Gasteiger partial charge in [0.15, 0.2) is 0 Å². The molecule has 1 aromatic heterocycles. The van der Waals surface area contributed by atoms with Gasteiger partial charge in [-0.15, -0.1) is 11.3 Å². The largest absolute Gasteiger partial charge is 0.477 e. The number of rotatable bonds is 4. The molecule has 1 aliphatic rings. The Morgan fingerprint density at radius 2 is 2.14 bits per heavy atom. The second-order valence-electron chi connectivity index (χ2n) is 4.74. The van der Waals surface area contributed by atoms with Crippen LogP contribution in [-0.2, 0) is 14.8 Å². The zero-order valence-electron chi connectivity index (χ0n) is 11.4. The first kappa shape index (κ1) is 15.9. The molecule has 1 unspecified atom stereocenters. The molecule has 0 spiro atoms. The molecule has 0 aliphatic carbocycles. The van der Waals surface area contributed by atoms with Crippen molar-refractivity contribution in [3.05, 3.63) is 17.0 Å². The van der Waals surface area contributed by atoms with Crippen LogP contribution in [0.15, 0.2) is 16.3 Å². The quantitative estimate of drug-likeness (QED) is 0.840. The molecule has 116 valence electrons. The highest BCUT2D eigenvalue weighted by Crippen LogP contribution is 2.28. The van der Waals surface area contributed by atoms with Gasteiger partial charge in [-0.1, -0.05) is 0 Å². The molecule has 2 N–H and O–H groups in total. The van der Waals surface area contributed by atoms with Gasteiger partial charge in [0, 0.05) is 20.1 Å². The molecule has 1 saturated heterocycles. The van der Waals surface area contributed by atoms with Gasteiger partial charge < -0.3 is 10.4 Å². The Morgan fingerprint density at radius 3 is 2.71 bits per heavy atom. The number of carboxylic acid groups (broad SMARTS) is 1. The van der Waals surface area contributed by atoms with Gasteiger partial charge in [0.05, 0.1) is 5.92 Å². The lowest BCUT2D eigenvalue weighted by molar-refractivity contribution is -0.125. The molecule has 0 saturated carbocycles. The number of nitrogens with one attached hydrogen (secondary N) is 1. The van der Waals surface area contributed by atoms with Gasteiger partial charge in [-0.3, -0.25) is 4.79 Å². The van der Waals surface area contributed by atoms with Crippen LogP contribution in [0.25, 0.3) is 0 Å². The van der Waals surface area contributed by atoms with Crippen molar-refractivity contribution < 1.29 is 23.1 Å². The number of nitrogens with zero attached hydrogens (tertiary/aromatic N) is 1. The lowest BCUT2D eigenvalue weighted by Gasteiger charge is -2.30. The minimum atomic E-state index is -3.74. The highest BCUT2D eigenvalue weighted by Gasteiger charge is 2.34. The normalized spacial score (nSPS) is 20.1. The molecule has 2 heterocycles. The fourth-order valence-electron chi connectivity index (χ4n) is 2.28. The summed E-state index contributed by atoms with van der Waals surface area (Å²) in [6.45, 7) is 0.471. The van der Waals surface area contributed by atoms with E-state index >= 15 is 0 Å². The Hall–Kier alpha value is -1.45. The maximum absolute atomic E-state index is 12.5. The lowest BCUT2D eigenvalue weighted by atomic mass is 9.99. The summed E-state index contributed by atoms with van der Waals surface area (Å²) in [4.78, 5) is 22.5. The van der Waals surface area contributed by atoms with Crippen LogP contribution in [0.1, 0.15) is 22.5 Å². The third-order valence-corrected chi connectivity index (χ3v) is 6.79. The highest BCUT2D eigenvalue weighted by molar-refractivity contribution is 7.91. The monoisotopic (exact) mass is 332 g/mol. The molecule has 0 bridgehead atoms. The maximum Gasteiger partial charge on any atom is 0.345 e. The van der Waals surface area contributed by atoms with Crippen molar-refractivity contribution in [2.75, 3.05) is 20.1 Å². The molecule has 9 heteroatoms. The predicted molar refractivity (Wildman–Crippen MR) is 76.8 cm³/mol. The zero-order chi connectivity index (χ0) is 15.6. The van der Waals surface area contributed by atoms with E-state index in [4.69, 9.17) is 5.11 Å². The Balaban J connectivity index is 2.22. The topological polar surface area (TPSA) is 104 Å². The summed E-state index contributed by atoms with van der Waals surface area (Å²) >= 11 is 0.727. The Morgan fingerprint density at radius 1 is 1.43 bits per heavy atom. The Bertz CT molecular complexity index is 652. The van der Waals surface area contributed by atoms with E-state index in [0.29, 0.717) is 19.4 Å². The number of amides is 1. The first-order chi connectivity index (χ1) is 9.86. The van der Waals surface area contributed by atoms with Gasteiger partial charge >= 0.3 is 5.97 Å². The summed E-state index contributed by atoms with van der Waals surface area (Å²) in [6, 6.07) is 2.58. The molecular weight excluding hydrogens is 316 g/mol. The van der Waals surface area contributed by atoms with E-state index in [1.807, 2.05) is 0 Å². The van der Waals surface area contributed by atoms with Gasteiger partial charge in [0.25, 0.3) is 10.0 Å². The van der Waals surface area contributed by atoms with Crippen LogP contribution in [0.3, 0.4) is 0 Å². The van der Waals surface area contributed by atoms with Crippen molar-refractivity contribution in [1.82, 2.24) is 9.62 Å².